The Balaban J connectivity index is 1.63. The zero-order chi connectivity index (χ0) is 18.4. The predicted molar refractivity (Wildman–Crippen MR) is 105 cm³/mol. The average molecular weight is 366 g/mol. The molecule has 134 valence electrons. The Morgan fingerprint density at radius 3 is 2.35 bits per heavy atom. The van der Waals surface area contributed by atoms with Gasteiger partial charge in [0.1, 0.15) is 5.82 Å². The molecule has 1 aromatic heterocycles. The van der Waals surface area contributed by atoms with Crippen LogP contribution in [0.25, 0.3) is 0 Å². The molecule has 0 fully saturated rings. The fourth-order valence-corrected chi connectivity index (χ4v) is 3.52. The maximum absolute atomic E-state index is 12.6. The van der Waals surface area contributed by atoms with Crippen molar-refractivity contribution < 1.29 is 4.79 Å². The van der Waals surface area contributed by atoms with Crippen LogP contribution in [0.3, 0.4) is 0 Å². The summed E-state index contributed by atoms with van der Waals surface area (Å²) in [6.07, 6.45) is 0.726. The number of nitrogens with zero attached hydrogens (tertiary/aromatic N) is 4. The SMILES string of the molecule is CCN(C(=O)CSc1nnc(Cc2ccccc2)n1C)c1ccccc1. The minimum Gasteiger partial charge on any atom is -0.312 e. The van der Waals surface area contributed by atoms with E-state index in [2.05, 4.69) is 22.3 Å². The minimum atomic E-state index is 0.0660. The van der Waals surface area contributed by atoms with Gasteiger partial charge in [0.2, 0.25) is 5.91 Å². The van der Waals surface area contributed by atoms with E-state index in [0.717, 1.165) is 23.1 Å². The first-order valence-corrected chi connectivity index (χ1v) is 9.58. The number of carbonyl (C=O) groups excluding carboxylic acids is 1. The van der Waals surface area contributed by atoms with Crippen LogP contribution in [0.15, 0.2) is 65.8 Å². The highest BCUT2D eigenvalue weighted by atomic mass is 32.2. The van der Waals surface area contributed by atoms with Gasteiger partial charge in [-0.15, -0.1) is 10.2 Å². The van der Waals surface area contributed by atoms with Gasteiger partial charge in [-0.3, -0.25) is 4.79 Å². The maximum Gasteiger partial charge on any atom is 0.237 e. The molecule has 0 spiro atoms. The van der Waals surface area contributed by atoms with Crippen LogP contribution in [-0.2, 0) is 18.3 Å². The number of rotatable bonds is 7. The van der Waals surface area contributed by atoms with E-state index in [1.165, 1.54) is 17.3 Å². The first kappa shape index (κ1) is 18.2. The molecule has 1 heterocycles. The lowest BCUT2D eigenvalue weighted by atomic mass is 10.1. The molecule has 0 unspecified atom stereocenters. The quantitative estimate of drug-likeness (QED) is 0.600. The highest BCUT2D eigenvalue weighted by Gasteiger charge is 2.16. The van der Waals surface area contributed by atoms with Crippen molar-refractivity contribution in [2.45, 2.75) is 18.5 Å². The summed E-state index contributed by atoms with van der Waals surface area (Å²) in [7, 11) is 1.94. The third-order valence-electron chi connectivity index (χ3n) is 4.14. The van der Waals surface area contributed by atoms with Gasteiger partial charge >= 0.3 is 0 Å². The lowest BCUT2D eigenvalue weighted by Gasteiger charge is -2.20. The van der Waals surface area contributed by atoms with Crippen LogP contribution >= 0.6 is 11.8 Å². The van der Waals surface area contributed by atoms with Crippen LogP contribution in [0, 0.1) is 0 Å². The molecule has 3 aromatic rings. The van der Waals surface area contributed by atoms with Crippen LogP contribution in [0.4, 0.5) is 5.69 Å². The monoisotopic (exact) mass is 366 g/mol. The summed E-state index contributed by atoms with van der Waals surface area (Å²) in [6, 6.07) is 19.9. The van der Waals surface area contributed by atoms with Crippen molar-refractivity contribution in [3.8, 4) is 0 Å². The van der Waals surface area contributed by atoms with Gasteiger partial charge in [-0.05, 0) is 24.6 Å². The smallest absolute Gasteiger partial charge is 0.237 e. The Morgan fingerprint density at radius 1 is 1.04 bits per heavy atom. The van der Waals surface area contributed by atoms with E-state index >= 15 is 0 Å². The summed E-state index contributed by atoms with van der Waals surface area (Å²) in [4.78, 5) is 14.4. The zero-order valence-electron chi connectivity index (χ0n) is 15.0. The van der Waals surface area contributed by atoms with Crippen LogP contribution in [0.2, 0.25) is 0 Å². The summed E-state index contributed by atoms with van der Waals surface area (Å²) < 4.78 is 1.96. The molecule has 2 aromatic carbocycles. The topological polar surface area (TPSA) is 51.0 Å². The molecule has 26 heavy (non-hydrogen) atoms. The number of amides is 1. The average Bonchev–Trinajstić information content (AvgIpc) is 3.02. The second-order valence-corrected chi connectivity index (χ2v) is 6.82. The highest BCUT2D eigenvalue weighted by Crippen LogP contribution is 2.20. The Hall–Kier alpha value is -2.60. The van der Waals surface area contributed by atoms with E-state index in [4.69, 9.17) is 0 Å². The first-order valence-electron chi connectivity index (χ1n) is 8.59. The number of aromatic nitrogens is 3. The van der Waals surface area contributed by atoms with Crippen LogP contribution < -0.4 is 4.90 Å². The van der Waals surface area contributed by atoms with Gasteiger partial charge in [-0.2, -0.15) is 0 Å². The number of thioether (sulfide) groups is 1. The molecule has 0 aliphatic rings. The number of benzene rings is 2. The number of hydrogen-bond donors (Lipinski definition) is 0. The molecule has 0 bridgehead atoms. The summed E-state index contributed by atoms with van der Waals surface area (Å²) in [5, 5.41) is 9.28. The summed E-state index contributed by atoms with van der Waals surface area (Å²) in [6.45, 7) is 2.62. The number of hydrogen-bond acceptors (Lipinski definition) is 4. The maximum atomic E-state index is 12.6. The van der Waals surface area contributed by atoms with Gasteiger partial charge in [-0.1, -0.05) is 60.3 Å². The van der Waals surface area contributed by atoms with Gasteiger partial charge in [-0.25, -0.2) is 0 Å². The second kappa shape index (κ2) is 8.67. The third kappa shape index (κ3) is 4.32. The summed E-state index contributed by atoms with van der Waals surface area (Å²) in [5.74, 6) is 1.29. The Kier molecular flexibility index (Phi) is 6.07. The van der Waals surface area contributed by atoms with E-state index in [-0.39, 0.29) is 5.91 Å². The molecular formula is C20H22N4OS. The number of anilines is 1. The van der Waals surface area contributed by atoms with Gasteiger partial charge < -0.3 is 9.47 Å². The molecular weight excluding hydrogens is 344 g/mol. The number of para-hydroxylation sites is 1. The Morgan fingerprint density at radius 2 is 1.69 bits per heavy atom. The van der Waals surface area contributed by atoms with Crippen molar-refractivity contribution in [3.63, 3.8) is 0 Å². The van der Waals surface area contributed by atoms with Crippen molar-refractivity contribution >= 4 is 23.4 Å². The standard InChI is InChI=1S/C20H22N4OS/c1-3-24(17-12-8-5-9-13-17)19(25)15-26-20-22-21-18(23(20)2)14-16-10-6-4-7-11-16/h4-13H,3,14-15H2,1-2H3. The molecule has 0 atom stereocenters. The minimum absolute atomic E-state index is 0.0660. The zero-order valence-corrected chi connectivity index (χ0v) is 15.8. The van der Waals surface area contributed by atoms with Crippen LogP contribution in [0.5, 0.6) is 0 Å². The third-order valence-corrected chi connectivity index (χ3v) is 5.15. The van der Waals surface area contributed by atoms with E-state index in [1.54, 1.807) is 4.90 Å². The fraction of sp³-hybridized carbons (Fsp3) is 0.250. The highest BCUT2D eigenvalue weighted by molar-refractivity contribution is 7.99. The normalized spacial score (nSPS) is 10.7. The van der Waals surface area contributed by atoms with Gasteiger partial charge in [0.05, 0.1) is 5.75 Å². The van der Waals surface area contributed by atoms with Gasteiger partial charge in [0.25, 0.3) is 0 Å². The first-order chi connectivity index (χ1) is 12.7. The Bertz CT molecular complexity index is 849. The molecule has 1 amide bonds. The molecule has 0 saturated carbocycles. The van der Waals surface area contributed by atoms with E-state index in [0.29, 0.717) is 12.3 Å². The van der Waals surface area contributed by atoms with Crippen molar-refractivity contribution in [1.82, 2.24) is 14.8 Å². The number of carbonyl (C=O) groups is 1. The molecule has 0 N–H and O–H groups in total. The van der Waals surface area contributed by atoms with Crippen molar-refractivity contribution in [3.05, 3.63) is 72.1 Å². The summed E-state index contributed by atoms with van der Waals surface area (Å²) in [5.41, 5.74) is 2.11. The Labute approximate surface area is 158 Å². The lowest BCUT2D eigenvalue weighted by molar-refractivity contribution is -0.116. The van der Waals surface area contributed by atoms with E-state index in [1.807, 2.05) is 67.1 Å². The fourth-order valence-electron chi connectivity index (χ4n) is 2.72. The van der Waals surface area contributed by atoms with Crippen molar-refractivity contribution in [2.24, 2.45) is 7.05 Å². The molecule has 3 rings (SSSR count). The largest absolute Gasteiger partial charge is 0.312 e. The van der Waals surface area contributed by atoms with Crippen LogP contribution in [0.1, 0.15) is 18.3 Å². The van der Waals surface area contributed by atoms with Gasteiger partial charge in [0.15, 0.2) is 5.16 Å². The molecule has 5 nitrogen and oxygen atoms in total. The predicted octanol–water partition coefficient (Wildman–Crippen LogP) is 3.55. The molecule has 6 heteroatoms. The van der Waals surface area contributed by atoms with E-state index in [9.17, 15) is 4.79 Å². The van der Waals surface area contributed by atoms with Gasteiger partial charge in [0, 0.05) is 25.7 Å². The van der Waals surface area contributed by atoms with Crippen molar-refractivity contribution in [1.29, 1.82) is 0 Å². The summed E-state index contributed by atoms with van der Waals surface area (Å²) >= 11 is 1.42. The van der Waals surface area contributed by atoms with Crippen LogP contribution in [-0.4, -0.2) is 33.0 Å². The second-order valence-electron chi connectivity index (χ2n) is 5.88. The molecule has 0 radical (unpaired) electrons. The molecule has 0 aliphatic heterocycles. The van der Waals surface area contributed by atoms with E-state index < -0.39 is 0 Å². The lowest BCUT2D eigenvalue weighted by Crippen LogP contribution is -2.32. The van der Waals surface area contributed by atoms with Crippen molar-refractivity contribution in [2.75, 3.05) is 17.2 Å². The molecule has 0 aliphatic carbocycles. The molecule has 0 saturated heterocycles.